The summed E-state index contributed by atoms with van der Waals surface area (Å²) in [4.78, 5) is 0. The highest BCUT2D eigenvalue weighted by atomic mass is 79.9. The third kappa shape index (κ3) is 4.01. The zero-order valence-corrected chi connectivity index (χ0v) is 12.9. The van der Waals surface area contributed by atoms with Crippen LogP contribution in [0.3, 0.4) is 0 Å². The van der Waals surface area contributed by atoms with Crippen LogP contribution >= 0.6 is 15.9 Å². The summed E-state index contributed by atoms with van der Waals surface area (Å²) in [6.45, 7) is 2.30. The number of hydrazine groups is 1. The molecule has 0 heterocycles. The summed E-state index contributed by atoms with van der Waals surface area (Å²) >= 11 is 3.39. The van der Waals surface area contributed by atoms with E-state index in [9.17, 15) is 4.39 Å². The quantitative estimate of drug-likeness (QED) is 0.651. The van der Waals surface area contributed by atoms with E-state index in [1.807, 2.05) is 6.07 Å². The second-order valence-electron chi connectivity index (χ2n) is 5.73. The highest BCUT2D eigenvalue weighted by molar-refractivity contribution is 9.10. The van der Waals surface area contributed by atoms with Crippen LogP contribution in [-0.2, 0) is 6.42 Å². The number of rotatable bonds is 4. The fourth-order valence-corrected chi connectivity index (χ4v) is 3.40. The topological polar surface area (TPSA) is 38.0 Å². The number of nitrogens with two attached hydrogens (primary N) is 1. The zero-order chi connectivity index (χ0) is 13.8. The molecule has 1 unspecified atom stereocenters. The summed E-state index contributed by atoms with van der Waals surface area (Å²) in [6, 6.07) is 5.25. The van der Waals surface area contributed by atoms with E-state index in [1.54, 1.807) is 6.07 Å². The van der Waals surface area contributed by atoms with Gasteiger partial charge in [-0.05, 0) is 54.9 Å². The smallest absolute Gasteiger partial charge is 0.126 e. The molecule has 1 atom stereocenters. The molecule has 2 nitrogen and oxygen atoms in total. The van der Waals surface area contributed by atoms with Crippen molar-refractivity contribution in [1.29, 1.82) is 0 Å². The number of hydrogen-bond donors (Lipinski definition) is 2. The third-order valence-electron chi connectivity index (χ3n) is 4.29. The zero-order valence-electron chi connectivity index (χ0n) is 11.3. The van der Waals surface area contributed by atoms with E-state index >= 15 is 0 Å². The minimum absolute atomic E-state index is 0.146. The van der Waals surface area contributed by atoms with Gasteiger partial charge in [-0.1, -0.05) is 35.7 Å². The van der Waals surface area contributed by atoms with E-state index in [0.717, 1.165) is 16.0 Å². The van der Waals surface area contributed by atoms with E-state index < -0.39 is 0 Å². The predicted octanol–water partition coefficient (Wildman–Crippen LogP) is 3.79. The van der Waals surface area contributed by atoms with Gasteiger partial charge < -0.3 is 0 Å². The molecule has 1 fully saturated rings. The van der Waals surface area contributed by atoms with Crippen molar-refractivity contribution in [3.8, 4) is 0 Å². The van der Waals surface area contributed by atoms with Gasteiger partial charge in [-0.2, -0.15) is 0 Å². The van der Waals surface area contributed by atoms with Crippen molar-refractivity contribution < 1.29 is 4.39 Å². The molecule has 1 saturated carbocycles. The van der Waals surface area contributed by atoms with Crippen LogP contribution in [-0.4, -0.2) is 6.04 Å². The standard InChI is InChI=1S/C15H22BrFN2/c1-10-2-4-11(5-3-10)15(19-18)9-12-8-13(16)6-7-14(12)17/h6-8,10-11,15,19H,2-5,9,18H2,1H3. The predicted molar refractivity (Wildman–Crippen MR) is 80.0 cm³/mol. The molecule has 1 aromatic rings. The van der Waals surface area contributed by atoms with Crippen LogP contribution in [0.1, 0.15) is 38.2 Å². The SMILES string of the molecule is CC1CCC(C(Cc2cc(Br)ccc2F)NN)CC1. The number of halogens is 2. The van der Waals surface area contributed by atoms with Crippen LogP contribution in [0.5, 0.6) is 0 Å². The lowest BCUT2D eigenvalue weighted by atomic mass is 9.78. The van der Waals surface area contributed by atoms with Crippen LogP contribution in [0.15, 0.2) is 22.7 Å². The van der Waals surface area contributed by atoms with Crippen molar-refractivity contribution >= 4 is 15.9 Å². The molecule has 0 saturated heterocycles. The number of hydrogen-bond acceptors (Lipinski definition) is 2. The van der Waals surface area contributed by atoms with Crippen molar-refractivity contribution in [2.45, 2.75) is 45.1 Å². The fraction of sp³-hybridized carbons (Fsp3) is 0.600. The molecule has 19 heavy (non-hydrogen) atoms. The van der Waals surface area contributed by atoms with Gasteiger partial charge >= 0.3 is 0 Å². The Morgan fingerprint density at radius 2 is 2.05 bits per heavy atom. The Hall–Kier alpha value is -0.450. The van der Waals surface area contributed by atoms with Gasteiger partial charge in [0.2, 0.25) is 0 Å². The molecule has 0 spiro atoms. The maximum absolute atomic E-state index is 13.8. The lowest BCUT2D eigenvalue weighted by Crippen LogP contribution is -2.43. The van der Waals surface area contributed by atoms with E-state index in [1.165, 1.54) is 31.7 Å². The Kier molecular flexibility index (Phi) is 5.37. The molecular formula is C15H22BrFN2. The maximum Gasteiger partial charge on any atom is 0.126 e. The van der Waals surface area contributed by atoms with Crippen LogP contribution in [0.25, 0.3) is 0 Å². The molecule has 1 aliphatic rings. The first-order valence-corrected chi connectivity index (χ1v) is 7.79. The summed E-state index contributed by atoms with van der Waals surface area (Å²) in [5.74, 6) is 6.92. The Morgan fingerprint density at radius 1 is 1.37 bits per heavy atom. The van der Waals surface area contributed by atoms with Gasteiger partial charge in [-0.3, -0.25) is 11.3 Å². The van der Waals surface area contributed by atoms with Crippen LogP contribution in [0.4, 0.5) is 4.39 Å². The van der Waals surface area contributed by atoms with E-state index in [-0.39, 0.29) is 11.9 Å². The van der Waals surface area contributed by atoms with Gasteiger partial charge in [-0.15, -0.1) is 0 Å². The molecule has 0 aromatic heterocycles. The third-order valence-corrected chi connectivity index (χ3v) is 4.78. The first-order valence-electron chi connectivity index (χ1n) is 7.00. The average molecular weight is 329 g/mol. The molecule has 2 rings (SSSR count). The lowest BCUT2D eigenvalue weighted by molar-refractivity contribution is 0.229. The van der Waals surface area contributed by atoms with E-state index in [4.69, 9.17) is 5.84 Å². The Morgan fingerprint density at radius 3 is 2.68 bits per heavy atom. The molecule has 0 bridgehead atoms. The van der Waals surface area contributed by atoms with E-state index in [0.29, 0.717) is 12.3 Å². The molecule has 1 aliphatic carbocycles. The maximum atomic E-state index is 13.8. The van der Waals surface area contributed by atoms with Gasteiger partial charge in [0.25, 0.3) is 0 Å². The first kappa shape index (κ1) is 14.9. The summed E-state index contributed by atoms with van der Waals surface area (Å²) in [7, 11) is 0. The average Bonchev–Trinajstić information content (AvgIpc) is 2.41. The number of benzene rings is 1. The van der Waals surface area contributed by atoms with Crippen molar-refractivity contribution in [2.24, 2.45) is 17.7 Å². The molecule has 0 amide bonds. The summed E-state index contributed by atoms with van der Waals surface area (Å²) < 4.78 is 14.7. The molecule has 0 aliphatic heterocycles. The van der Waals surface area contributed by atoms with Gasteiger partial charge in [0.05, 0.1) is 0 Å². The first-order chi connectivity index (χ1) is 9.10. The minimum Gasteiger partial charge on any atom is -0.271 e. The van der Waals surface area contributed by atoms with Crippen LogP contribution in [0.2, 0.25) is 0 Å². The van der Waals surface area contributed by atoms with Crippen molar-refractivity contribution in [3.63, 3.8) is 0 Å². The van der Waals surface area contributed by atoms with Gasteiger partial charge in [0.15, 0.2) is 0 Å². The largest absolute Gasteiger partial charge is 0.271 e. The van der Waals surface area contributed by atoms with Crippen molar-refractivity contribution in [1.82, 2.24) is 5.43 Å². The molecule has 3 N–H and O–H groups in total. The normalized spacial score (nSPS) is 25.3. The van der Waals surface area contributed by atoms with Gasteiger partial charge in [0.1, 0.15) is 5.82 Å². The van der Waals surface area contributed by atoms with E-state index in [2.05, 4.69) is 28.3 Å². The lowest BCUT2D eigenvalue weighted by Gasteiger charge is -2.32. The van der Waals surface area contributed by atoms with Crippen LogP contribution < -0.4 is 11.3 Å². The van der Waals surface area contributed by atoms with Gasteiger partial charge in [0, 0.05) is 10.5 Å². The molecule has 0 radical (unpaired) electrons. The molecular weight excluding hydrogens is 307 g/mol. The van der Waals surface area contributed by atoms with Crippen molar-refractivity contribution in [2.75, 3.05) is 0 Å². The Balaban J connectivity index is 2.04. The fourth-order valence-electron chi connectivity index (χ4n) is 2.99. The summed E-state index contributed by atoms with van der Waals surface area (Å²) in [6.07, 6.45) is 5.53. The Bertz CT molecular complexity index is 417. The molecule has 106 valence electrons. The van der Waals surface area contributed by atoms with Gasteiger partial charge in [-0.25, -0.2) is 4.39 Å². The molecule has 4 heteroatoms. The highest BCUT2D eigenvalue weighted by Gasteiger charge is 2.26. The minimum atomic E-state index is -0.146. The second kappa shape index (κ2) is 6.82. The van der Waals surface area contributed by atoms with Crippen LogP contribution in [0, 0.1) is 17.7 Å². The Labute approximate surface area is 123 Å². The second-order valence-corrected chi connectivity index (χ2v) is 6.65. The van der Waals surface area contributed by atoms with Crippen molar-refractivity contribution in [3.05, 3.63) is 34.1 Å². The summed E-state index contributed by atoms with van der Waals surface area (Å²) in [5.41, 5.74) is 3.63. The highest BCUT2D eigenvalue weighted by Crippen LogP contribution is 2.31. The summed E-state index contributed by atoms with van der Waals surface area (Å²) in [5, 5.41) is 0. The number of nitrogens with one attached hydrogen (secondary N) is 1. The monoisotopic (exact) mass is 328 g/mol. The molecule has 1 aromatic carbocycles.